The largest absolute Gasteiger partial charge is 0.333 e. The zero-order chi connectivity index (χ0) is 19.7. The van der Waals surface area contributed by atoms with Crippen molar-refractivity contribution in [3.63, 3.8) is 0 Å². The summed E-state index contributed by atoms with van der Waals surface area (Å²) in [5, 5.41) is 2.64. The molecule has 0 unspecified atom stereocenters. The lowest BCUT2D eigenvalue weighted by Gasteiger charge is -2.31. The van der Waals surface area contributed by atoms with Crippen molar-refractivity contribution < 1.29 is 14.0 Å². The van der Waals surface area contributed by atoms with Crippen LogP contribution in [0.25, 0.3) is 5.52 Å². The van der Waals surface area contributed by atoms with E-state index in [-0.39, 0.29) is 17.4 Å². The molecule has 1 aliphatic rings. The Morgan fingerprint density at radius 1 is 1.07 bits per heavy atom. The predicted octanol–water partition coefficient (Wildman–Crippen LogP) is 2.11. The lowest BCUT2D eigenvalue weighted by atomic mass is 10.2. The summed E-state index contributed by atoms with van der Waals surface area (Å²) in [6, 6.07) is 10.9. The SMILES string of the molecule is CN1CCN(C(=O)c2nc(C(=O)Nc3cccc(F)c3)c3ccccn23)CC1. The first kappa shape index (κ1) is 18.1. The Morgan fingerprint density at radius 3 is 2.61 bits per heavy atom. The summed E-state index contributed by atoms with van der Waals surface area (Å²) in [6.07, 6.45) is 1.71. The van der Waals surface area contributed by atoms with Gasteiger partial charge < -0.3 is 15.1 Å². The van der Waals surface area contributed by atoms with Crippen LogP contribution in [0, 0.1) is 5.82 Å². The lowest BCUT2D eigenvalue weighted by molar-refractivity contribution is 0.0651. The van der Waals surface area contributed by atoms with Gasteiger partial charge in [-0.15, -0.1) is 0 Å². The van der Waals surface area contributed by atoms with Crippen LogP contribution >= 0.6 is 0 Å². The number of likely N-dealkylation sites (N-methyl/N-ethyl adjacent to an activating group) is 1. The number of nitrogens with one attached hydrogen (secondary N) is 1. The number of hydrogen-bond donors (Lipinski definition) is 1. The zero-order valence-electron chi connectivity index (χ0n) is 15.4. The van der Waals surface area contributed by atoms with Gasteiger partial charge >= 0.3 is 0 Å². The molecule has 1 saturated heterocycles. The summed E-state index contributed by atoms with van der Waals surface area (Å²) in [6.45, 7) is 2.81. The van der Waals surface area contributed by atoms with E-state index in [2.05, 4.69) is 15.2 Å². The Balaban J connectivity index is 1.66. The van der Waals surface area contributed by atoms with E-state index in [4.69, 9.17) is 0 Å². The number of rotatable bonds is 3. The number of anilines is 1. The predicted molar refractivity (Wildman–Crippen MR) is 103 cm³/mol. The third-order valence-corrected chi connectivity index (χ3v) is 4.83. The first-order valence-electron chi connectivity index (χ1n) is 9.05. The molecule has 3 aromatic rings. The molecule has 8 heteroatoms. The number of pyridine rings is 1. The van der Waals surface area contributed by atoms with Crippen molar-refractivity contribution in [3.05, 3.63) is 66.0 Å². The standard InChI is InChI=1S/C20H20FN5O2/c1-24-9-11-25(12-10-24)20(28)18-23-17(16-7-2-3-8-26(16)18)19(27)22-15-6-4-5-14(21)13-15/h2-8,13H,9-12H2,1H3,(H,22,27). The fourth-order valence-corrected chi connectivity index (χ4v) is 3.26. The zero-order valence-corrected chi connectivity index (χ0v) is 15.4. The topological polar surface area (TPSA) is 69.9 Å². The number of halogens is 1. The highest BCUT2D eigenvalue weighted by molar-refractivity contribution is 6.08. The van der Waals surface area contributed by atoms with Gasteiger partial charge in [0.25, 0.3) is 11.8 Å². The van der Waals surface area contributed by atoms with Crippen LogP contribution in [-0.4, -0.2) is 64.2 Å². The van der Waals surface area contributed by atoms with Gasteiger partial charge in [0.05, 0.1) is 5.52 Å². The average molecular weight is 381 g/mol. The molecule has 2 aromatic heterocycles. The highest BCUT2D eigenvalue weighted by atomic mass is 19.1. The van der Waals surface area contributed by atoms with Crippen molar-refractivity contribution in [2.75, 3.05) is 38.5 Å². The molecular weight excluding hydrogens is 361 g/mol. The molecule has 3 heterocycles. The molecule has 4 rings (SSSR count). The molecule has 0 spiro atoms. The number of nitrogens with zero attached hydrogens (tertiary/aromatic N) is 4. The molecule has 2 amide bonds. The van der Waals surface area contributed by atoms with Gasteiger partial charge in [-0.25, -0.2) is 9.37 Å². The first-order chi connectivity index (χ1) is 13.5. The van der Waals surface area contributed by atoms with E-state index in [1.54, 1.807) is 39.8 Å². The van der Waals surface area contributed by atoms with Gasteiger partial charge in [-0.3, -0.25) is 14.0 Å². The van der Waals surface area contributed by atoms with E-state index in [0.29, 0.717) is 24.3 Å². The molecular formula is C20H20FN5O2. The second-order valence-electron chi connectivity index (χ2n) is 6.80. The number of carbonyl (C=O) groups excluding carboxylic acids is 2. The Bertz CT molecular complexity index is 1040. The van der Waals surface area contributed by atoms with Gasteiger partial charge in [-0.1, -0.05) is 12.1 Å². The first-order valence-corrected chi connectivity index (χ1v) is 9.05. The molecule has 1 aliphatic heterocycles. The van der Waals surface area contributed by atoms with Crippen LogP contribution in [0.2, 0.25) is 0 Å². The minimum Gasteiger partial charge on any atom is -0.333 e. The normalized spacial score (nSPS) is 15.0. The van der Waals surface area contributed by atoms with Crippen LogP contribution < -0.4 is 5.32 Å². The minimum atomic E-state index is -0.494. The number of amides is 2. The van der Waals surface area contributed by atoms with Crippen LogP contribution in [0.4, 0.5) is 10.1 Å². The number of hydrogen-bond acceptors (Lipinski definition) is 4. The van der Waals surface area contributed by atoms with Crippen molar-refractivity contribution in [2.24, 2.45) is 0 Å². The third kappa shape index (κ3) is 3.46. The average Bonchev–Trinajstić information content (AvgIpc) is 3.08. The number of piperazine rings is 1. The molecule has 28 heavy (non-hydrogen) atoms. The molecule has 144 valence electrons. The molecule has 0 aliphatic carbocycles. The summed E-state index contributed by atoms with van der Waals surface area (Å²) in [7, 11) is 2.02. The highest BCUT2D eigenvalue weighted by Gasteiger charge is 2.27. The van der Waals surface area contributed by atoms with Gasteiger partial charge in [-0.05, 0) is 37.4 Å². The van der Waals surface area contributed by atoms with Crippen molar-refractivity contribution >= 4 is 23.0 Å². The van der Waals surface area contributed by atoms with Crippen LogP contribution in [0.15, 0.2) is 48.7 Å². The maximum absolute atomic E-state index is 13.4. The lowest BCUT2D eigenvalue weighted by Crippen LogP contribution is -2.47. The van der Waals surface area contributed by atoms with Gasteiger partial charge in [-0.2, -0.15) is 0 Å². The van der Waals surface area contributed by atoms with E-state index < -0.39 is 11.7 Å². The molecule has 7 nitrogen and oxygen atoms in total. The van der Waals surface area contributed by atoms with Gasteiger partial charge in [0.15, 0.2) is 5.69 Å². The Labute approximate surface area is 161 Å². The summed E-state index contributed by atoms with van der Waals surface area (Å²) >= 11 is 0. The fraction of sp³-hybridized carbons (Fsp3) is 0.250. The smallest absolute Gasteiger partial charge is 0.290 e. The van der Waals surface area contributed by atoms with Crippen LogP contribution in [0.5, 0.6) is 0 Å². The van der Waals surface area contributed by atoms with E-state index in [1.807, 2.05) is 7.05 Å². The van der Waals surface area contributed by atoms with Gasteiger partial charge in [0.1, 0.15) is 5.82 Å². The molecule has 0 atom stereocenters. The third-order valence-electron chi connectivity index (χ3n) is 4.83. The highest BCUT2D eigenvalue weighted by Crippen LogP contribution is 2.18. The number of fused-ring (bicyclic) bond motifs is 1. The number of carbonyl (C=O) groups is 2. The Kier molecular flexibility index (Phi) is 4.79. The monoisotopic (exact) mass is 381 g/mol. The van der Waals surface area contributed by atoms with Crippen LogP contribution in [0.3, 0.4) is 0 Å². The van der Waals surface area contributed by atoms with Crippen molar-refractivity contribution in [2.45, 2.75) is 0 Å². The second kappa shape index (κ2) is 7.40. The quantitative estimate of drug-likeness (QED) is 0.755. The molecule has 0 bridgehead atoms. The van der Waals surface area contributed by atoms with Crippen LogP contribution in [0.1, 0.15) is 21.1 Å². The fourth-order valence-electron chi connectivity index (χ4n) is 3.26. The summed E-state index contributed by atoms with van der Waals surface area (Å²) in [5.74, 6) is -0.950. The molecule has 1 fully saturated rings. The molecule has 0 radical (unpaired) electrons. The second-order valence-corrected chi connectivity index (χ2v) is 6.80. The maximum Gasteiger partial charge on any atom is 0.290 e. The minimum absolute atomic E-state index is 0.127. The van der Waals surface area contributed by atoms with Crippen molar-refractivity contribution in [1.29, 1.82) is 0 Å². The number of benzene rings is 1. The Morgan fingerprint density at radius 2 is 1.86 bits per heavy atom. The van der Waals surface area contributed by atoms with Gasteiger partial charge in [0.2, 0.25) is 5.82 Å². The molecule has 1 N–H and O–H groups in total. The van der Waals surface area contributed by atoms with E-state index in [9.17, 15) is 14.0 Å². The number of aromatic nitrogens is 2. The van der Waals surface area contributed by atoms with E-state index in [1.165, 1.54) is 18.2 Å². The van der Waals surface area contributed by atoms with Gasteiger partial charge in [0, 0.05) is 38.1 Å². The summed E-state index contributed by atoms with van der Waals surface area (Å²) < 4.78 is 15.0. The Hall–Kier alpha value is -3.26. The summed E-state index contributed by atoms with van der Waals surface area (Å²) in [4.78, 5) is 34.0. The van der Waals surface area contributed by atoms with Crippen molar-refractivity contribution in [1.82, 2.24) is 19.2 Å². The molecule has 1 aromatic carbocycles. The number of imidazole rings is 1. The van der Waals surface area contributed by atoms with E-state index in [0.717, 1.165) is 13.1 Å². The molecule has 0 saturated carbocycles. The van der Waals surface area contributed by atoms with Crippen molar-refractivity contribution in [3.8, 4) is 0 Å². The van der Waals surface area contributed by atoms with E-state index >= 15 is 0 Å². The maximum atomic E-state index is 13.4. The summed E-state index contributed by atoms with van der Waals surface area (Å²) in [5.41, 5.74) is 0.977. The van der Waals surface area contributed by atoms with Crippen LogP contribution in [-0.2, 0) is 0 Å².